The van der Waals surface area contributed by atoms with Crippen molar-refractivity contribution in [3.63, 3.8) is 0 Å². The van der Waals surface area contributed by atoms with Crippen molar-refractivity contribution in [1.29, 1.82) is 0 Å². The monoisotopic (exact) mass is 440 g/mol. The molecule has 0 saturated heterocycles. The zero-order valence-corrected chi connectivity index (χ0v) is 17.6. The zero-order valence-electron chi connectivity index (χ0n) is 17.6. The molecule has 1 aliphatic rings. The number of guanidine groups is 1. The third-order valence-electron chi connectivity index (χ3n) is 4.58. The van der Waals surface area contributed by atoms with E-state index < -0.39 is 12.8 Å². The molecule has 0 amide bonds. The summed E-state index contributed by atoms with van der Waals surface area (Å²) in [6.45, 7) is 2.68. The molecule has 2 aromatic rings. The van der Waals surface area contributed by atoms with Gasteiger partial charge in [0.05, 0.1) is 13.1 Å². The summed E-state index contributed by atoms with van der Waals surface area (Å²) in [6, 6.07) is 6.65. The number of hydrogen-bond donors (Lipinski definition) is 2. The van der Waals surface area contributed by atoms with Crippen LogP contribution < -0.4 is 15.4 Å². The predicted molar refractivity (Wildman–Crippen MR) is 109 cm³/mol. The average molecular weight is 440 g/mol. The van der Waals surface area contributed by atoms with E-state index in [0.717, 1.165) is 24.2 Å². The van der Waals surface area contributed by atoms with Crippen molar-refractivity contribution in [2.75, 3.05) is 20.3 Å². The smallest absolute Gasteiger partial charge is 0.422 e. The first-order valence-corrected chi connectivity index (χ1v) is 10.1. The van der Waals surface area contributed by atoms with Gasteiger partial charge in [-0.25, -0.2) is 14.7 Å². The van der Waals surface area contributed by atoms with Crippen molar-refractivity contribution in [3.05, 3.63) is 41.5 Å². The van der Waals surface area contributed by atoms with E-state index in [1.807, 2.05) is 11.6 Å². The molecule has 2 heterocycles. The minimum Gasteiger partial charge on any atom is -0.484 e. The molecule has 0 spiro atoms. The largest absolute Gasteiger partial charge is 0.484 e. The topological polar surface area (TPSA) is 85.6 Å². The summed E-state index contributed by atoms with van der Waals surface area (Å²) in [4.78, 5) is 9.05. The Morgan fingerprint density at radius 3 is 2.94 bits per heavy atom. The van der Waals surface area contributed by atoms with Crippen LogP contribution in [0, 0.1) is 0 Å². The van der Waals surface area contributed by atoms with Crippen LogP contribution in [0.5, 0.6) is 5.75 Å². The molecule has 8 nitrogen and oxygen atoms in total. The van der Waals surface area contributed by atoms with Crippen molar-refractivity contribution in [2.45, 2.75) is 51.7 Å². The Kier molecular flexibility index (Phi) is 7.72. The van der Waals surface area contributed by atoms with E-state index in [0.29, 0.717) is 38.0 Å². The molecule has 3 rings (SSSR count). The fraction of sp³-hybridized carbons (Fsp3) is 0.550. The molecule has 2 N–H and O–H groups in total. The molecule has 31 heavy (non-hydrogen) atoms. The minimum absolute atomic E-state index is 0.129. The van der Waals surface area contributed by atoms with Crippen LogP contribution in [0.25, 0.3) is 0 Å². The van der Waals surface area contributed by atoms with Gasteiger partial charge in [-0.2, -0.15) is 18.3 Å². The molecular formula is C20H27F3N6O2. The fourth-order valence-corrected chi connectivity index (χ4v) is 3.25. The second kappa shape index (κ2) is 10.5. The molecule has 1 aromatic heterocycles. The first kappa shape index (κ1) is 22.9. The number of methoxy groups -OCH3 is 1. The van der Waals surface area contributed by atoms with Crippen LogP contribution in [0.4, 0.5) is 13.2 Å². The van der Waals surface area contributed by atoms with E-state index >= 15 is 0 Å². The summed E-state index contributed by atoms with van der Waals surface area (Å²) < 4.78 is 48.9. The maximum atomic E-state index is 12.4. The Hall–Kier alpha value is -2.82. The van der Waals surface area contributed by atoms with Crippen LogP contribution in [0.15, 0.2) is 29.3 Å². The summed E-state index contributed by atoms with van der Waals surface area (Å²) in [5.74, 6) is 2.42. The minimum atomic E-state index is -4.37. The lowest BCUT2D eigenvalue weighted by atomic mass is 10.1. The van der Waals surface area contributed by atoms with E-state index in [-0.39, 0.29) is 11.8 Å². The zero-order chi connectivity index (χ0) is 22.3. The number of aryl methyl sites for hydroxylation is 1. The number of halogens is 3. The second-order valence-corrected chi connectivity index (χ2v) is 7.19. The molecule has 1 aliphatic heterocycles. The van der Waals surface area contributed by atoms with Gasteiger partial charge in [-0.1, -0.05) is 12.1 Å². The van der Waals surface area contributed by atoms with E-state index in [2.05, 4.69) is 25.7 Å². The maximum Gasteiger partial charge on any atom is 0.422 e. The molecule has 1 unspecified atom stereocenters. The number of aliphatic imine (C=N–C) groups is 1. The van der Waals surface area contributed by atoms with Gasteiger partial charge in [0.1, 0.15) is 18.2 Å². The number of nitrogens with one attached hydrogen (secondary N) is 2. The molecule has 0 saturated carbocycles. The van der Waals surface area contributed by atoms with Gasteiger partial charge in [0.15, 0.2) is 18.4 Å². The number of benzene rings is 1. The second-order valence-electron chi connectivity index (χ2n) is 7.19. The average Bonchev–Trinajstić information content (AvgIpc) is 3.12. The van der Waals surface area contributed by atoms with Gasteiger partial charge in [0.2, 0.25) is 0 Å². The van der Waals surface area contributed by atoms with Crippen LogP contribution in [0.2, 0.25) is 0 Å². The molecule has 170 valence electrons. The molecule has 0 bridgehead atoms. The molecule has 0 fully saturated rings. The number of aromatic nitrogens is 3. The van der Waals surface area contributed by atoms with Crippen molar-refractivity contribution in [2.24, 2.45) is 4.99 Å². The van der Waals surface area contributed by atoms with Gasteiger partial charge in [-0.15, -0.1) is 0 Å². The summed E-state index contributed by atoms with van der Waals surface area (Å²) >= 11 is 0. The van der Waals surface area contributed by atoms with Gasteiger partial charge in [-0.05, 0) is 31.0 Å². The SMILES string of the molecule is CCNC(=NCc1cccc(OCC(F)(F)F)c1)NC1CCc2nc(COC)nn2C1. The number of ether oxygens (including phenoxy) is 2. The number of fused-ring (bicyclic) bond motifs is 1. The Morgan fingerprint density at radius 1 is 1.35 bits per heavy atom. The third-order valence-corrected chi connectivity index (χ3v) is 4.58. The molecule has 1 atom stereocenters. The van der Waals surface area contributed by atoms with E-state index in [9.17, 15) is 13.2 Å². The highest BCUT2D eigenvalue weighted by molar-refractivity contribution is 5.80. The van der Waals surface area contributed by atoms with Crippen LogP contribution in [0.1, 0.15) is 30.6 Å². The van der Waals surface area contributed by atoms with Crippen molar-refractivity contribution in [1.82, 2.24) is 25.4 Å². The lowest BCUT2D eigenvalue weighted by molar-refractivity contribution is -0.153. The first-order valence-electron chi connectivity index (χ1n) is 10.1. The standard InChI is InChI=1S/C20H27F3N6O2/c1-3-24-19(25-10-14-5-4-6-16(9-14)31-13-20(21,22)23)26-15-7-8-18-27-17(12-30-2)28-29(18)11-15/h4-6,9,15H,3,7-8,10-13H2,1-2H3,(H2,24,25,26). The Labute approximate surface area is 178 Å². The van der Waals surface area contributed by atoms with Crippen molar-refractivity contribution in [3.8, 4) is 5.75 Å². The predicted octanol–water partition coefficient (Wildman–Crippen LogP) is 2.44. The van der Waals surface area contributed by atoms with E-state index in [4.69, 9.17) is 9.47 Å². The molecule has 1 aromatic carbocycles. The Morgan fingerprint density at radius 2 is 2.19 bits per heavy atom. The van der Waals surface area contributed by atoms with Gasteiger partial charge in [0, 0.05) is 26.1 Å². The third kappa shape index (κ3) is 7.12. The molecule has 0 aliphatic carbocycles. The van der Waals surface area contributed by atoms with Crippen LogP contribution >= 0.6 is 0 Å². The number of alkyl halides is 3. The van der Waals surface area contributed by atoms with Gasteiger partial charge < -0.3 is 20.1 Å². The lowest BCUT2D eigenvalue weighted by Crippen LogP contribution is -2.47. The lowest BCUT2D eigenvalue weighted by Gasteiger charge is -2.25. The van der Waals surface area contributed by atoms with Gasteiger partial charge in [-0.3, -0.25) is 0 Å². The Bertz CT molecular complexity index is 884. The van der Waals surface area contributed by atoms with Gasteiger partial charge >= 0.3 is 6.18 Å². The Balaban J connectivity index is 1.60. The summed E-state index contributed by atoms with van der Waals surface area (Å²) in [5.41, 5.74) is 0.753. The summed E-state index contributed by atoms with van der Waals surface area (Å²) in [6.07, 6.45) is -2.69. The first-order chi connectivity index (χ1) is 14.9. The molecule has 11 heteroatoms. The maximum absolute atomic E-state index is 12.4. The fourth-order valence-electron chi connectivity index (χ4n) is 3.25. The highest BCUT2D eigenvalue weighted by atomic mass is 19.4. The highest BCUT2D eigenvalue weighted by Gasteiger charge is 2.28. The number of hydrogen-bond acceptors (Lipinski definition) is 5. The van der Waals surface area contributed by atoms with Crippen LogP contribution in [-0.2, 0) is 30.9 Å². The summed E-state index contributed by atoms with van der Waals surface area (Å²) in [5, 5.41) is 11.1. The van der Waals surface area contributed by atoms with Crippen molar-refractivity contribution < 1.29 is 22.6 Å². The highest BCUT2D eigenvalue weighted by Crippen LogP contribution is 2.20. The van der Waals surface area contributed by atoms with Crippen LogP contribution in [-0.4, -0.2) is 53.2 Å². The van der Waals surface area contributed by atoms with E-state index in [1.165, 1.54) is 6.07 Å². The summed E-state index contributed by atoms with van der Waals surface area (Å²) in [7, 11) is 1.61. The van der Waals surface area contributed by atoms with Gasteiger partial charge in [0.25, 0.3) is 0 Å². The van der Waals surface area contributed by atoms with Crippen molar-refractivity contribution >= 4 is 5.96 Å². The quantitative estimate of drug-likeness (QED) is 0.485. The number of rotatable bonds is 8. The molecular weight excluding hydrogens is 413 g/mol. The van der Waals surface area contributed by atoms with Crippen LogP contribution in [0.3, 0.4) is 0 Å². The van der Waals surface area contributed by atoms with E-state index in [1.54, 1.807) is 25.3 Å². The normalized spacial score (nSPS) is 16.7. The number of nitrogens with zero attached hydrogens (tertiary/aromatic N) is 4. The molecule has 0 radical (unpaired) electrons.